The molecule has 0 fully saturated rings. The first-order valence-corrected chi connectivity index (χ1v) is 8.84. The van der Waals surface area contributed by atoms with Crippen molar-refractivity contribution < 1.29 is 4.79 Å². The van der Waals surface area contributed by atoms with Crippen molar-refractivity contribution in [2.45, 2.75) is 12.7 Å². The van der Waals surface area contributed by atoms with Crippen LogP contribution in [0.15, 0.2) is 42.5 Å². The van der Waals surface area contributed by atoms with E-state index in [1.807, 2.05) is 37.3 Å². The maximum absolute atomic E-state index is 12.0. The molecule has 0 unspecified atom stereocenters. The maximum Gasteiger partial charge on any atom is 0.252 e. The van der Waals surface area contributed by atoms with Gasteiger partial charge in [-0.15, -0.1) is 0 Å². The van der Waals surface area contributed by atoms with Crippen LogP contribution in [0.3, 0.4) is 0 Å². The lowest BCUT2D eigenvalue weighted by molar-refractivity contribution is 0.0956. The van der Waals surface area contributed by atoms with Gasteiger partial charge in [0, 0.05) is 23.1 Å². The van der Waals surface area contributed by atoms with Crippen LogP contribution in [-0.4, -0.2) is 18.2 Å². The lowest BCUT2D eigenvalue weighted by atomic mass is 10.1. The number of nitrogens with one attached hydrogen (secondary N) is 1. The third-order valence-electron chi connectivity index (χ3n) is 3.08. The van der Waals surface area contributed by atoms with E-state index in [4.69, 9.17) is 23.2 Å². The highest BCUT2D eigenvalue weighted by Gasteiger charge is 2.09. The predicted octanol–water partition coefficient (Wildman–Crippen LogP) is 4.97. The zero-order chi connectivity index (χ0) is 15.9. The summed E-state index contributed by atoms with van der Waals surface area (Å²) in [6.07, 6.45) is 0. The van der Waals surface area contributed by atoms with Crippen LogP contribution in [0, 0.1) is 6.92 Å². The van der Waals surface area contributed by atoms with E-state index in [9.17, 15) is 4.79 Å². The molecule has 2 aromatic rings. The van der Waals surface area contributed by atoms with Gasteiger partial charge in [0.25, 0.3) is 5.91 Å². The molecule has 0 spiro atoms. The van der Waals surface area contributed by atoms with Crippen molar-refractivity contribution in [3.05, 3.63) is 69.2 Å². The molecular formula is C17H17Cl2NOS. The average Bonchev–Trinajstić information content (AvgIpc) is 2.48. The molecule has 5 heteroatoms. The first-order valence-electron chi connectivity index (χ1n) is 6.93. The Bertz CT molecular complexity index is 644. The maximum atomic E-state index is 12.0. The summed E-state index contributed by atoms with van der Waals surface area (Å²) in [5.41, 5.74) is 2.79. The smallest absolute Gasteiger partial charge is 0.252 e. The van der Waals surface area contributed by atoms with Gasteiger partial charge in [-0.3, -0.25) is 4.79 Å². The second-order valence-corrected chi connectivity index (χ2v) is 6.87. The summed E-state index contributed by atoms with van der Waals surface area (Å²) in [5.74, 6) is 1.62. The summed E-state index contributed by atoms with van der Waals surface area (Å²) in [6.45, 7) is 2.56. The number of aryl methyl sites for hydroxylation is 1. The number of carbonyl (C=O) groups excluding carboxylic acids is 1. The number of benzene rings is 2. The normalized spacial score (nSPS) is 10.5. The molecule has 0 aliphatic heterocycles. The molecule has 0 radical (unpaired) electrons. The molecule has 0 atom stereocenters. The van der Waals surface area contributed by atoms with E-state index in [1.54, 1.807) is 23.9 Å². The lowest BCUT2D eigenvalue weighted by Gasteiger charge is -2.07. The van der Waals surface area contributed by atoms with Gasteiger partial charge in [0.2, 0.25) is 0 Å². The van der Waals surface area contributed by atoms with Crippen molar-refractivity contribution in [3.63, 3.8) is 0 Å². The quantitative estimate of drug-likeness (QED) is 0.743. The fourth-order valence-corrected chi connectivity index (χ4v) is 3.17. The second kappa shape index (κ2) is 8.47. The summed E-state index contributed by atoms with van der Waals surface area (Å²) >= 11 is 13.7. The standard InChI is InChI=1S/C17H17Cl2NOS/c1-12-2-7-15(16(19)10-12)17(21)20-8-9-22-11-13-3-5-14(18)6-4-13/h2-7,10H,8-9,11H2,1H3,(H,20,21). The largest absolute Gasteiger partial charge is 0.351 e. The first kappa shape index (κ1) is 17.2. The first-order chi connectivity index (χ1) is 10.6. The zero-order valence-electron chi connectivity index (χ0n) is 12.2. The minimum Gasteiger partial charge on any atom is -0.351 e. The van der Waals surface area contributed by atoms with Gasteiger partial charge in [0.15, 0.2) is 0 Å². The van der Waals surface area contributed by atoms with Crippen molar-refractivity contribution in [1.82, 2.24) is 5.32 Å². The van der Waals surface area contributed by atoms with Crippen molar-refractivity contribution >= 4 is 40.9 Å². The predicted molar refractivity (Wildman–Crippen MR) is 96.1 cm³/mol. The van der Waals surface area contributed by atoms with E-state index in [0.29, 0.717) is 17.1 Å². The molecule has 22 heavy (non-hydrogen) atoms. The van der Waals surface area contributed by atoms with E-state index < -0.39 is 0 Å². The molecule has 1 N–H and O–H groups in total. The molecule has 2 rings (SSSR count). The van der Waals surface area contributed by atoms with Gasteiger partial charge >= 0.3 is 0 Å². The molecule has 0 saturated carbocycles. The summed E-state index contributed by atoms with van der Waals surface area (Å²) in [5, 5.41) is 4.13. The molecule has 1 amide bonds. The minimum atomic E-state index is -0.128. The van der Waals surface area contributed by atoms with Crippen LogP contribution in [-0.2, 0) is 5.75 Å². The van der Waals surface area contributed by atoms with Crippen LogP contribution in [0.4, 0.5) is 0 Å². The lowest BCUT2D eigenvalue weighted by Crippen LogP contribution is -2.26. The van der Waals surface area contributed by atoms with Gasteiger partial charge in [-0.1, -0.05) is 41.4 Å². The molecule has 0 bridgehead atoms. The van der Waals surface area contributed by atoms with Gasteiger partial charge < -0.3 is 5.32 Å². The Balaban J connectivity index is 1.72. The second-order valence-electron chi connectivity index (χ2n) is 4.92. The Morgan fingerprint density at radius 3 is 2.55 bits per heavy atom. The van der Waals surface area contributed by atoms with Crippen molar-refractivity contribution in [2.24, 2.45) is 0 Å². The Labute approximate surface area is 145 Å². The Morgan fingerprint density at radius 2 is 1.86 bits per heavy atom. The summed E-state index contributed by atoms with van der Waals surface area (Å²) < 4.78 is 0. The van der Waals surface area contributed by atoms with E-state index in [1.165, 1.54) is 5.56 Å². The highest BCUT2D eigenvalue weighted by molar-refractivity contribution is 7.98. The number of hydrogen-bond donors (Lipinski definition) is 1. The van der Waals surface area contributed by atoms with Crippen molar-refractivity contribution in [3.8, 4) is 0 Å². The van der Waals surface area contributed by atoms with Crippen molar-refractivity contribution in [2.75, 3.05) is 12.3 Å². The Morgan fingerprint density at radius 1 is 1.14 bits per heavy atom. The summed E-state index contributed by atoms with van der Waals surface area (Å²) in [6, 6.07) is 13.2. The molecule has 0 aromatic heterocycles. The number of rotatable bonds is 6. The molecule has 0 heterocycles. The number of thioether (sulfide) groups is 1. The fourth-order valence-electron chi connectivity index (χ4n) is 1.91. The van der Waals surface area contributed by atoms with E-state index in [0.717, 1.165) is 22.1 Å². The highest BCUT2D eigenvalue weighted by Crippen LogP contribution is 2.18. The topological polar surface area (TPSA) is 29.1 Å². The van der Waals surface area contributed by atoms with Gasteiger partial charge in [-0.05, 0) is 42.3 Å². The number of hydrogen-bond acceptors (Lipinski definition) is 2. The third kappa shape index (κ3) is 5.24. The summed E-state index contributed by atoms with van der Waals surface area (Å²) in [4.78, 5) is 12.0. The van der Waals surface area contributed by atoms with E-state index in [2.05, 4.69) is 5.32 Å². The number of carbonyl (C=O) groups is 1. The third-order valence-corrected chi connectivity index (χ3v) is 4.68. The zero-order valence-corrected chi connectivity index (χ0v) is 14.6. The molecule has 0 saturated heterocycles. The van der Waals surface area contributed by atoms with Gasteiger partial charge in [0.05, 0.1) is 10.6 Å². The SMILES string of the molecule is Cc1ccc(C(=O)NCCSCc2ccc(Cl)cc2)c(Cl)c1. The van der Waals surface area contributed by atoms with Crippen LogP contribution in [0.5, 0.6) is 0 Å². The Kier molecular flexibility index (Phi) is 6.62. The molecule has 2 aromatic carbocycles. The van der Waals surface area contributed by atoms with Crippen LogP contribution < -0.4 is 5.32 Å². The molecule has 2 nitrogen and oxygen atoms in total. The van der Waals surface area contributed by atoms with Gasteiger partial charge in [-0.2, -0.15) is 11.8 Å². The van der Waals surface area contributed by atoms with Gasteiger partial charge in [-0.25, -0.2) is 0 Å². The van der Waals surface area contributed by atoms with Crippen LogP contribution in [0.2, 0.25) is 10.0 Å². The van der Waals surface area contributed by atoms with Crippen LogP contribution >= 0.6 is 35.0 Å². The highest BCUT2D eigenvalue weighted by atomic mass is 35.5. The Hall–Kier alpha value is -1.16. The van der Waals surface area contributed by atoms with Crippen molar-refractivity contribution in [1.29, 1.82) is 0 Å². The molecule has 0 aliphatic rings. The molecular weight excluding hydrogens is 337 g/mol. The fraction of sp³-hybridized carbons (Fsp3) is 0.235. The van der Waals surface area contributed by atoms with Crippen LogP contribution in [0.25, 0.3) is 0 Å². The molecule has 116 valence electrons. The number of amides is 1. The summed E-state index contributed by atoms with van der Waals surface area (Å²) in [7, 11) is 0. The molecule has 0 aliphatic carbocycles. The van der Waals surface area contributed by atoms with E-state index >= 15 is 0 Å². The van der Waals surface area contributed by atoms with E-state index in [-0.39, 0.29) is 5.91 Å². The monoisotopic (exact) mass is 353 g/mol. The van der Waals surface area contributed by atoms with Gasteiger partial charge in [0.1, 0.15) is 0 Å². The average molecular weight is 354 g/mol. The van der Waals surface area contributed by atoms with Crippen LogP contribution in [0.1, 0.15) is 21.5 Å². The number of halogens is 2. The minimum absolute atomic E-state index is 0.128.